The fraction of sp³-hybridized carbons (Fsp3) is 0.560. The average Bonchev–Trinajstić information content (AvgIpc) is 2.86. The zero-order chi connectivity index (χ0) is 24.1. The van der Waals surface area contributed by atoms with E-state index in [0.717, 1.165) is 37.2 Å². The average molecular weight is 492 g/mol. The SMILES string of the molecule is O=CN(O)C(CS(=O)(=O)N1CCC2=C(CC(F)C=C2)C1)C1CCN(CCc2ccccc2)CC1. The summed E-state index contributed by atoms with van der Waals surface area (Å²) in [5, 5.41) is 10.8. The summed E-state index contributed by atoms with van der Waals surface area (Å²) in [6, 6.07) is 9.48. The number of piperidine rings is 1. The van der Waals surface area contributed by atoms with Crippen molar-refractivity contribution in [2.45, 2.75) is 44.3 Å². The number of amides is 1. The second-order valence-corrected chi connectivity index (χ2v) is 11.6. The fourth-order valence-corrected chi connectivity index (χ4v) is 7.08. The number of benzene rings is 1. The van der Waals surface area contributed by atoms with Crippen LogP contribution < -0.4 is 0 Å². The lowest BCUT2D eigenvalue weighted by molar-refractivity contribution is -0.164. The first-order chi connectivity index (χ1) is 16.4. The van der Waals surface area contributed by atoms with Crippen molar-refractivity contribution in [1.82, 2.24) is 14.3 Å². The third kappa shape index (κ3) is 6.13. The Kier molecular flexibility index (Phi) is 8.18. The monoisotopic (exact) mass is 491 g/mol. The number of carbonyl (C=O) groups is 1. The van der Waals surface area contributed by atoms with Gasteiger partial charge in [0, 0.05) is 26.1 Å². The number of hydrogen-bond acceptors (Lipinski definition) is 5. The Hall–Kier alpha value is -2.07. The van der Waals surface area contributed by atoms with Crippen LogP contribution in [-0.2, 0) is 21.2 Å². The van der Waals surface area contributed by atoms with Gasteiger partial charge in [-0.25, -0.2) is 17.9 Å². The highest BCUT2D eigenvalue weighted by atomic mass is 32.2. The van der Waals surface area contributed by atoms with E-state index in [-0.39, 0.29) is 24.6 Å². The Bertz CT molecular complexity index is 1010. The maximum atomic E-state index is 13.8. The molecule has 0 aromatic heterocycles. The number of rotatable bonds is 9. The van der Waals surface area contributed by atoms with Crippen LogP contribution in [0.4, 0.5) is 4.39 Å². The number of nitrogens with zero attached hydrogens (tertiary/aromatic N) is 3. The molecule has 2 heterocycles. The zero-order valence-corrected chi connectivity index (χ0v) is 20.2. The molecule has 0 spiro atoms. The van der Waals surface area contributed by atoms with Crippen LogP contribution in [0, 0.1) is 5.92 Å². The molecule has 0 radical (unpaired) electrons. The second-order valence-electron chi connectivity index (χ2n) is 9.54. The van der Waals surface area contributed by atoms with E-state index >= 15 is 0 Å². The van der Waals surface area contributed by atoms with Crippen molar-refractivity contribution < 1.29 is 22.8 Å². The summed E-state index contributed by atoms with van der Waals surface area (Å²) in [5.74, 6) is -0.431. The van der Waals surface area contributed by atoms with Crippen LogP contribution in [0.25, 0.3) is 0 Å². The van der Waals surface area contributed by atoms with Gasteiger partial charge in [0.25, 0.3) is 0 Å². The largest absolute Gasteiger partial charge is 0.303 e. The predicted molar refractivity (Wildman–Crippen MR) is 128 cm³/mol. The van der Waals surface area contributed by atoms with E-state index in [1.807, 2.05) is 18.2 Å². The molecule has 0 bridgehead atoms. The Morgan fingerprint density at radius 3 is 2.62 bits per heavy atom. The number of carbonyl (C=O) groups excluding carboxylic acids is 1. The van der Waals surface area contributed by atoms with E-state index in [1.54, 1.807) is 6.08 Å². The molecule has 7 nitrogen and oxygen atoms in total. The molecular weight excluding hydrogens is 457 g/mol. The summed E-state index contributed by atoms with van der Waals surface area (Å²) in [6.07, 6.45) is 5.67. The van der Waals surface area contributed by atoms with Crippen molar-refractivity contribution in [3.05, 3.63) is 59.2 Å². The Labute approximate surface area is 201 Å². The van der Waals surface area contributed by atoms with Crippen LogP contribution in [0.2, 0.25) is 0 Å². The smallest absolute Gasteiger partial charge is 0.233 e. The van der Waals surface area contributed by atoms with Gasteiger partial charge in [-0.15, -0.1) is 0 Å². The molecular formula is C25H34FN3O4S. The molecule has 0 saturated carbocycles. The Morgan fingerprint density at radius 1 is 1.18 bits per heavy atom. The van der Waals surface area contributed by atoms with Gasteiger partial charge < -0.3 is 4.90 Å². The summed E-state index contributed by atoms with van der Waals surface area (Å²) >= 11 is 0. The van der Waals surface area contributed by atoms with E-state index < -0.39 is 22.2 Å². The van der Waals surface area contributed by atoms with E-state index in [1.165, 1.54) is 15.9 Å². The summed E-state index contributed by atoms with van der Waals surface area (Å²) in [5.41, 5.74) is 3.13. The van der Waals surface area contributed by atoms with Crippen LogP contribution in [0.1, 0.15) is 31.2 Å². The lowest BCUT2D eigenvalue weighted by Gasteiger charge is -2.39. The minimum absolute atomic E-state index is 0.106. The van der Waals surface area contributed by atoms with Gasteiger partial charge in [-0.1, -0.05) is 42.5 Å². The van der Waals surface area contributed by atoms with Crippen LogP contribution in [0.15, 0.2) is 53.6 Å². The third-order valence-electron chi connectivity index (χ3n) is 7.36. The van der Waals surface area contributed by atoms with Crippen molar-refractivity contribution in [3.63, 3.8) is 0 Å². The zero-order valence-electron chi connectivity index (χ0n) is 19.4. The Morgan fingerprint density at radius 2 is 1.91 bits per heavy atom. The quantitative estimate of drug-likeness (QED) is 0.326. The van der Waals surface area contributed by atoms with Gasteiger partial charge in [-0.05, 0) is 61.4 Å². The number of hydrogen-bond donors (Lipinski definition) is 1. The fourth-order valence-electron chi connectivity index (χ4n) is 5.29. The lowest BCUT2D eigenvalue weighted by atomic mass is 9.90. The van der Waals surface area contributed by atoms with Crippen molar-refractivity contribution in [3.8, 4) is 0 Å². The number of allylic oxidation sites excluding steroid dienone is 2. The lowest BCUT2D eigenvalue weighted by Crippen LogP contribution is -2.50. The molecule has 2 aliphatic heterocycles. The molecule has 1 fully saturated rings. The molecule has 1 aromatic rings. The van der Waals surface area contributed by atoms with E-state index in [4.69, 9.17) is 0 Å². The van der Waals surface area contributed by atoms with Gasteiger partial charge in [0.05, 0.1) is 11.8 Å². The molecule has 186 valence electrons. The summed E-state index contributed by atoms with van der Waals surface area (Å²) in [6.45, 7) is 3.03. The molecule has 2 unspecified atom stereocenters. The second kappa shape index (κ2) is 11.1. The van der Waals surface area contributed by atoms with Crippen molar-refractivity contribution in [2.24, 2.45) is 5.92 Å². The van der Waals surface area contributed by atoms with Gasteiger partial charge in [-0.2, -0.15) is 4.31 Å². The summed E-state index contributed by atoms with van der Waals surface area (Å²) < 4.78 is 41.7. The van der Waals surface area contributed by atoms with Crippen LogP contribution in [0.3, 0.4) is 0 Å². The van der Waals surface area contributed by atoms with Crippen molar-refractivity contribution >= 4 is 16.4 Å². The molecule has 1 amide bonds. The third-order valence-corrected chi connectivity index (χ3v) is 9.22. The summed E-state index contributed by atoms with van der Waals surface area (Å²) in [7, 11) is -3.74. The standard InChI is InChI=1S/C25H34FN3O4S/c26-24-7-6-21-11-15-28(17-23(21)16-24)34(32,33)18-25(29(31)19-30)22-9-13-27(14-10-22)12-8-20-4-2-1-3-5-20/h1-7,19,22,24-25,31H,8-18H2. The first-order valence-corrected chi connectivity index (χ1v) is 13.7. The molecule has 9 heteroatoms. The van der Waals surface area contributed by atoms with Gasteiger partial charge in [-0.3, -0.25) is 10.0 Å². The minimum Gasteiger partial charge on any atom is -0.303 e. The van der Waals surface area contributed by atoms with E-state index in [9.17, 15) is 22.8 Å². The number of alkyl halides is 1. The first kappa shape index (κ1) is 25.0. The molecule has 1 aromatic carbocycles. The topological polar surface area (TPSA) is 81.2 Å². The van der Waals surface area contributed by atoms with Gasteiger partial charge in [0.15, 0.2) is 0 Å². The molecule has 2 atom stereocenters. The highest BCUT2D eigenvalue weighted by Gasteiger charge is 2.37. The summed E-state index contributed by atoms with van der Waals surface area (Å²) in [4.78, 5) is 13.7. The van der Waals surface area contributed by atoms with Crippen molar-refractivity contribution in [1.29, 1.82) is 0 Å². The van der Waals surface area contributed by atoms with E-state index in [2.05, 4.69) is 17.0 Å². The predicted octanol–water partition coefficient (Wildman–Crippen LogP) is 2.79. The molecule has 1 saturated heterocycles. The normalized spacial score (nSPS) is 23.5. The van der Waals surface area contributed by atoms with Crippen molar-refractivity contribution in [2.75, 3.05) is 38.5 Å². The van der Waals surface area contributed by atoms with Gasteiger partial charge in [0.2, 0.25) is 16.4 Å². The molecule has 3 aliphatic rings. The number of halogens is 1. The number of likely N-dealkylation sites (tertiary alicyclic amines) is 1. The minimum atomic E-state index is -3.74. The highest BCUT2D eigenvalue weighted by molar-refractivity contribution is 7.89. The molecule has 1 N–H and O–H groups in total. The number of hydroxylamine groups is 2. The highest BCUT2D eigenvalue weighted by Crippen LogP contribution is 2.31. The maximum Gasteiger partial charge on any atom is 0.233 e. The van der Waals surface area contributed by atoms with Gasteiger partial charge in [0.1, 0.15) is 6.17 Å². The Balaban J connectivity index is 1.35. The maximum absolute atomic E-state index is 13.8. The van der Waals surface area contributed by atoms with Crippen LogP contribution in [-0.4, -0.2) is 85.0 Å². The number of sulfonamides is 1. The van der Waals surface area contributed by atoms with Crippen LogP contribution >= 0.6 is 0 Å². The first-order valence-electron chi connectivity index (χ1n) is 12.1. The van der Waals surface area contributed by atoms with E-state index in [0.29, 0.717) is 37.3 Å². The molecule has 34 heavy (non-hydrogen) atoms. The van der Waals surface area contributed by atoms with Crippen LogP contribution in [0.5, 0.6) is 0 Å². The molecule has 1 aliphatic carbocycles. The molecule has 4 rings (SSSR count). The van der Waals surface area contributed by atoms with Gasteiger partial charge >= 0.3 is 0 Å².